The van der Waals surface area contributed by atoms with E-state index in [9.17, 15) is 4.79 Å². The monoisotopic (exact) mass is 272 g/mol. The standard InChI is InChI=1S/C15H16N2O3/c18-15(19)13-7-6-11(20-13)9-16-14-8-5-10-3-1-2-4-12(10)17-14/h1-5,8,11,13H,6-7,9H2,(H,16,17)(H,18,19). The molecule has 0 saturated carbocycles. The zero-order chi connectivity index (χ0) is 13.9. The second-order valence-corrected chi connectivity index (χ2v) is 4.93. The van der Waals surface area contributed by atoms with E-state index in [1.54, 1.807) is 0 Å². The highest BCUT2D eigenvalue weighted by molar-refractivity contribution is 5.80. The first kappa shape index (κ1) is 12.9. The Morgan fingerprint density at radius 2 is 2.15 bits per heavy atom. The summed E-state index contributed by atoms with van der Waals surface area (Å²) in [5.74, 6) is -0.0950. The van der Waals surface area contributed by atoms with Gasteiger partial charge in [0, 0.05) is 11.9 Å². The SMILES string of the molecule is O=C(O)C1CCC(CNc2ccc3ccccc3n2)O1. The average molecular weight is 272 g/mol. The molecule has 0 spiro atoms. The van der Waals surface area contributed by atoms with Crippen LogP contribution in [-0.4, -0.2) is 34.8 Å². The van der Waals surface area contributed by atoms with E-state index >= 15 is 0 Å². The van der Waals surface area contributed by atoms with Gasteiger partial charge in [-0.2, -0.15) is 0 Å². The molecule has 1 aliphatic rings. The molecule has 2 aromatic rings. The largest absolute Gasteiger partial charge is 0.479 e. The van der Waals surface area contributed by atoms with Gasteiger partial charge in [-0.05, 0) is 31.0 Å². The highest BCUT2D eigenvalue weighted by Crippen LogP contribution is 2.21. The van der Waals surface area contributed by atoms with E-state index < -0.39 is 12.1 Å². The first-order valence-electron chi connectivity index (χ1n) is 6.70. The van der Waals surface area contributed by atoms with Crippen molar-refractivity contribution in [3.05, 3.63) is 36.4 Å². The topological polar surface area (TPSA) is 71.5 Å². The van der Waals surface area contributed by atoms with Gasteiger partial charge in [0.15, 0.2) is 6.10 Å². The Morgan fingerprint density at radius 3 is 2.95 bits per heavy atom. The van der Waals surface area contributed by atoms with E-state index in [1.165, 1.54) is 0 Å². The molecule has 0 bridgehead atoms. The molecule has 3 rings (SSSR count). The number of benzene rings is 1. The summed E-state index contributed by atoms with van der Waals surface area (Å²) in [4.78, 5) is 15.3. The number of carboxylic acid groups (broad SMARTS) is 1. The van der Waals surface area contributed by atoms with Crippen LogP contribution in [0.5, 0.6) is 0 Å². The van der Waals surface area contributed by atoms with Gasteiger partial charge in [0.05, 0.1) is 11.6 Å². The number of ether oxygens (including phenoxy) is 1. The molecule has 2 heterocycles. The normalized spacial score (nSPS) is 22.0. The number of aliphatic carboxylic acids is 1. The highest BCUT2D eigenvalue weighted by Gasteiger charge is 2.30. The molecule has 1 aliphatic heterocycles. The van der Waals surface area contributed by atoms with Crippen LogP contribution in [0.3, 0.4) is 0 Å². The number of aromatic nitrogens is 1. The predicted molar refractivity (Wildman–Crippen MR) is 75.8 cm³/mol. The fourth-order valence-corrected chi connectivity index (χ4v) is 2.42. The molecule has 0 amide bonds. The maximum absolute atomic E-state index is 10.8. The minimum atomic E-state index is -0.878. The molecule has 5 nitrogen and oxygen atoms in total. The van der Waals surface area contributed by atoms with Gasteiger partial charge in [0.1, 0.15) is 5.82 Å². The second kappa shape index (κ2) is 5.46. The van der Waals surface area contributed by atoms with Crippen molar-refractivity contribution in [2.24, 2.45) is 0 Å². The van der Waals surface area contributed by atoms with E-state index in [0.717, 1.165) is 23.1 Å². The average Bonchev–Trinajstić information content (AvgIpc) is 2.94. The number of carbonyl (C=O) groups is 1. The minimum absolute atomic E-state index is 0.0654. The zero-order valence-corrected chi connectivity index (χ0v) is 11.0. The number of nitrogens with one attached hydrogen (secondary N) is 1. The number of hydrogen-bond donors (Lipinski definition) is 2. The molecule has 1 aromatic heterocycles. The summed E-state index contributed by atoms with van der Waals surface area (Å²) in [6, 6.07) is 11.9. The van der Waals surface area contributed by atoms with Crippen LogP contribution in [0, 0.1) is 0 Å². The Labute approximate surface area is 116 Å². The number of pyridine rings is 1. The molecule has 0 aliphatic carbocycles. The van der Waals surface area contributed by atoms with Crippen molar-refractivity contribution in [2.75, 3.05) is 11.9 Å². The molecular formula is C15H16N2O3. The third-order valence-electron chi connectivity index (χ3n) is 3.49. The lowest BCUT2D eigenvalue weighted by molar-refractivity contribution is -0.149. The van der Waals surface area contributed by atoms with Crippen LogP contribution in [0.15, 0.2) is 36.4 Å². The van der Waals surface area contributed by atoms with Crippen molar-refractivity contribution in [3.63, 3.8) is 0 Å². The minimum Gasteiger partial charge on any atom is -0.479 e. The van der Waals surface area contributed by atoms with Crippen molar-refractivity contribution >= 4 is 22.7 Å². The first-order valence-corrected chi connectivity index (χ1v) is 6.70. The van der Waals surface area contributed by atoms with Crippen LogP contribution in [0.4, 0.5) is 5.82 Å². The van der Waals surface area contributed by atoms with Gasteiger partial charge in [-0.15, -0.1) is 0 Å². The Balaban J connectivity index is 1.61. The van der Waals surface area contributed by atoms with Crippen molar-refractivity contribution in [2.45, 2.75) is 25.0 Å². The Bertz CT molecular complexity index is 629. The molecule has 1 aromatic carbocycles. The predicted octanol–water partition coefficient (Wildman–Crippen LogP) is 2.28. The molecule has 20 heavy (non-hydrogen) atoms. The zero-order valence-electron chi connectivity index (χ0n) is 11.0. The summed E-state index contributed by atoms with van der Waals surface area (Å²) in [5, 5.41) is 13.2. The van der Waals surface area contributed by atoms with Gasteiger partial charge in [-0.3, -0.25) is 0 Å². The quantitative estimate of drug-likeness (QED) is 0.893. The van der Waals surface area contributed by atoms with Gasteiger partial charge < -0.3 is 15.2 Å². The molecule has 1 saturated heterocycles. The summed E-state index contributed by atoms with van der Waals surface area (Å²) in [6.45, 7) is 0.578. The summed E-state index contributed by atoms with van der Waals surface area (Å²) in [6.07, 6.45) is 0.612. The third kappa shape index (κ3) is 2.72. The van der Waals surface area contributed by atoms with Crippen molar-refractivity contribution < 1.29 is 14.6 Å². The van der Waals surface area contributed by atoms with E-state index in [4.69, 9.17) is 9.84 Å². The Morgan fingerprint density at radius 1 is 1.30 bits per heavy atom. The Kier molecular flexibility index (Phi) is 3.52. The summed E-state index contributed by atoms with van der Waals surface area (Å²) < 4.78 is 5.44. The number of para-hydroxylation sites is 1. The van der Waals surface area contributed by atoms with Gasteiger partial charge in [-0.1, -0.05) is 18.2 Å². The van der Waals surface area contributed by atoms with Gasteiger partial charge >= 0.3 is 5.97 Å². The number of rotatable bonds is 4. The molecular weight excluding hydrogens is 256 g/mol. The molecule has 1 fully saturated rings. The van der Waals surface area contributed by atoms with E-state index in [-0.39, 0.29) is 6.10 Å². The van der Waals surface area contributed by atoms with Gasteiger partial charge in [0.25, 0.3) is 0 Å². The molecule has 2 atom stereocenters. The second-order valence-electron chi connectivity index (χ2n) is 4.93. The van der Waals surface area contributed by atoms with Crippen LogP contribution in [0.1, 0.15) is 12.8 Å². The number of fused-ring (bicyclic) bond motifs is 1. The fraction of sp³-hybridized carbons (Fsp3) is 0.333. The number of carboxylic acids is 1. The third-order valence-corrected chi connectivity index (χ3v) is 3.49. The maximum Gasteiger partial charge on any atom is 0.332 e. The van der Waals surface area contributed by atoms with Crippen LogP contribution < -0.4 is 5.32 Å². The molecule has 2 unspecified atom stereocenters. The van der Waals surface area contributed by atoms with Crippen LogP contribution in [0.2, 0.25) is 0 Å². The van der Waals surface area contributed by atoms with Gasteiger partial charge in [0.2, 0.25) is 0 Å². The highest BCUT2D eigenvalue weighted by atomic mass is 16.5. The first-order chi connectivity index (χ1) is 9.72. The number of nitrogens with zero attached hydrogens (tertiary/aromatic N) is 1. The number of anilines is 1. The van der Waals surface area contributed by atoms with Crippen LogP contribution >= 0.6 is 0 Å². The summed E-state index contributed by atoms with van der Waals surface area (Å²) in [5.41, 5.74) is 0.938. The van der Waals surface area contributed by atoms with Crippen molar-refractivity contribution in [1.29, 1.82) is 0 Å². The van der Waals surface area contributed by atoms with Crippen molar-refractivity contribution in [3.8, 4) is 0 Å². The lowest BCUT2D eigenvalue weighted by atomic mass is 10.2. The van der Waals surface area contributed by atoms with E-state index in [2.05, 4.69) is 10.3 Å². The van der Waals surface area contributed by atoms with Gasteiger partial charge in [-0.25, -0.2) is 9.78 Å². The number of hydrogen-bond acceptors (Lipinski definition) is 4. The van der Waals surface area contributed by atoms with Crippen LogP contribution in [-0.2, 0) is 9.53 Å². The van der Waals surface area contributed by atoms with Crippen LogP contribution in [0.25, 0.3) is 10.9 Å². The van der Waals surface area contributed by atoms with Crippen molar-refractivity contribution in [1.82, 2.24) is 4.98 Å². The smallest absolute Gasteiger partial charge is 0.332 e. The molecule has 0 radical (unpaired) electrons. The lowest BCUT2D eigenvalue weighted by Gasteiger charge is -2.13. The molecule has 104 valence electrons. The lowest BCUT2D eigenvalue weighted by Crippen LogP contribution is -2.24. The fourth-order valence-electron chi connectivity index (χ4n) is 2.42. The summed E-state index contributed by atoms with van der Waals surface area (Å²) in [7, 11) is 0. The molecule has 2 N–H and O–H groups in total. The van der Waals surface area contributed by atoms with E-state index in [0.29, 0.717) is 13.0 Å². The Hall–Kier alpha value is -2.14. The summed E-state index contributed by atoms with van der Waals surface area (Å²) >= 11 is 0. The maximum atomic E-state index is 10.8. The van der Waals surface area contributed by atoms with E-state index in [1.807, 2.05) is 36.4 Å². The molecule has 5 heteroatoms.